The van der Waals surface area contributed by atoms with E-state index in [4.69, 9.17) is 9.97 Å². The third kappa shape index (κ3) is 3.69. The summed E-state index contributed by atoms with van der Waals surface area (Å²) in [6.45, 7) is 7.96. The lowest BCUT2D eigenvalue weighted by molar-refractivity contribution is 0.902. The predicted molar refractivity (Wildman–Crippen MR) is 119 cm³/mol. The summed E-state index contributed by atoms with van der Waals surface area (Å²) in [5.41, 5.74) is 5.03. The molecule has 2 nitrogen and oxygen atoms in total. The molecule has 0 radical (unpaired) electrons. The summed E-state index contributed by atoms with van der Waals surface area (Å²) in [6, 6.07) is 14.9. The highest BCUT2D eigenvalue weighted by molar-refractivity contribution is 9.11. The smallest absolute Gasteiger partial charge is 0.159 e. The third-order valence-corrected chi connectivity index (χ3v) is 4.90. The molecule has 0 aliphatic heterocycles. The van der Waals surface area contributed by atoms with Gasteiger partial charge in [0.15, 0.2) is 5.82 Å². The molecule has 0 fully saturated rings. The minimum absolute atomic E-state index is 0.664. The molecule has 2 aromatic carbocycles. The number of hydrogen-bond acceptors (Lipinski definition) is 2. The van der Waals surface area contributed by atoms with Gasteiger partial charge in [0.1, 0.15) is 0 Å². The van der Waals surface area contributed by atoms with Crippen molar-refractivity contribution in [1.29, 1.82) is 0 Å². The van der Waals surface area contributed by atoms with Crippen LogP contribution < -0.4 is 0 Å². The number of rotatable bonds is 4. The monoisotopic (exact) mass is 414 g/mol. The van der Waals surface area contributed by atoms with Crippen LogP contribution in [0.4, 0.5) is 0 Å². The van der Waals surface area contributed by atoms with E-state index in [9.17, 15) is 0 Å². The Hall–Kier alpha value is -2.78. The van der Waals surface area contributed by atoms with Crippen LogP contribution in [0.3, 0.4) is 0 Å². The Morgan fingerprint density at radius 1 is 1.00 bits per heavy atom. The van der Waals surface area contributed by atoms with Gasteiger partial charge in [-0.15, -0.1) is 0 Å². The zero-order valence-electron chi connectivity index (χ0n) is 15.0. The first-order valence-electron chi connectivity index (χ1n) is 8.90. The van der Waals surface area contributed by atoms with E-state index in [0.717, 1.165) is 45.4 Å². The van der Waals surface area contributed by atoms with Crippen LogP contribution in [-0.2, 0) is 6.42 Å². The van der Waals surface area contributed by atoms with Crippen LogP contribution in [0.1, 0.15) is 23.5 Å². The van der Waals surface area contributed by atoms with Crippen molar-refractivity contribution < 1.29 is 0 Å². The van der Waals surface area contributed by atoms with Crippen LogP contribution in [0.25, 0.3) is 33.7 Å². The molecule has 1 aliphatic rings. The maximum absolute atomic E-state index is 4.88. The number of aryl methyl sites for hydroxylation is 1. The average Bonchev–Trinajstić information content (AvgIpc) is 2.70. The molecule has 1 heterocycles. The van der Waals surface area contributed by atoms with Gasteiger partial charge in [-0.25, -0.2) is 9.97 Å². The number of benzene rings is 2. The van der Waals surface area contributed by atoms with Crippen LogP contribution in [0.15, 0.2) is 78.3 Å². The van der Waals surface area contributed by atoms with Gasteiger partial charge in [0.2, 0.25) is 0 Å². The molecule has 3 aromatic rings. The summed E-state index contributed by atoms with van der Waals surface area (Å²) in [6.07, 6.45) is 10.0. The predicted octanol–water partition coefficient (Wildman–Crippen LogP) is 6.73. The van der Waals surface area contributed by atoms with Crippen molar-refractivity contribution >= 4 is 38.4 Å². The molecule has 1 aliphatic carbocycles. The molecule has 4 rings (SSSR count). The van der Waals surface area contributed by atoms with Gasteiger partial charge in [0, 0.05) is 21.2 Å². The fraction of sp³-hybridized carbons (Fsp3) is 0.0833. The van der Waals surface area contributed by atoms with Gasteiger partial charge >= 0.3 is 0 Å². The van der Waals surface area contributed by atoms with E-state index in [1.54, 1.807) is 0 Å². The van der Waals surface area contributed by atoms with Gasteiger partial charge in [-0.3, -0.25) is 0 Å². The van der Waals surface area contributed by atoms with Crippen molar-refractivity contribution in [2.75, 3.05) is 0 Å². The fourth-order valence-corrected chi connectivity index (χ4v) is 3.40. The summed E-state index contributed by atoms with van der Waals surface area (Å²) in [5, 5.41) is 2.43. The Morgan fingerprint density at radius 3 is 2.63 bits per heavy atom. The molecular weight excluding hydrogens is 396 g/mol. The molecule has 0 spiro atoms. The van der Waals surface area contributed by atoms with Crippen molar-refractivity contribution in [1.82, 2.24) is 9.97 Å². The number of hydrogen-bond donors (Lipinski definition) is 0. The van der Waals surface area contributed by atoms with Gasteiger partial charge in [0.25, 0.3) is 0 Å². The molecule has 0 bridgehead atoms. The van der Waals surface area contributed by atoms with E-state index < -0.39 is 0 Å². The molecular formula is C24H19BrN2. The number of halogens is 1. The van der Waals surface area contributed by atoms with Gasteiger partial charge < -0.3 is 0 Å². The Balaban J connectivity index is 1.87. The maximum atomic E-state index is 4.88. The molecule has 3 heteroatoms. The van der Waals surface area contributed by atoms with E-state index in [-0.39, 0.29) is 0 Å². The molecule has 0 saturated heterocycles. The fourth-order valence-electron chi connectivity index (χ4n) is 3.27. The largest absolute Gasteiger partial charge is 0.232 e. The first-order chi connectivity index (χ1) is 13.1. The Labute approximate surface area is 167 Å². The molecule has 132 valence electrons. The van der Waals surface area contributed by atoms with Crippen molar-refractivity contribution in [3.05, 3.63) is 95.4 Å². The zero-order valence-corrected chi connectivity index (χ0v) is 16.5. The van der Waals surface area contributed by atoms with Gasteiger partial charge in [0.05, 0.1) is 11.4 Å². The Bertz CT molecular complexity index is 1120. The van der Waals surface area contributed by atoms with Crippen LogP contribution in [-0.4, -0.2) is 9.97 Å². The lowest BCUT2D eigenvalue weighted by atomic mass is 9.96. The minimum Gasteiger partial charge on any atom is -0.232 e. The van der Waals surface area contributed by atoms with E-state index in [1.165, 1.54) is 10.8 Å². The summed E-state index contributed by atoms with van der Waals surface area (Å²) in [4.78, 5) is 9.66. The highest BCUT2D eigenvalue weighted by Gasteiger charge is 2.17. The summed E-state index contributed by atoms with van der Waals surface area (Å²) in [7, 11) is 0. The maximum Gasteiger partial charge on any atom is 0.159 e. The second-order valence-electron chi connectivity index (χ2n) is 6.56. The van der Waals surface area contributed by atoms with Crippen molar-refractivity contribution in [2.45, 2.75) is 12.8 Å². The standard InChI is InChI=1S/C24H19BrN2/c1-16(11-12-17(2)25)24-26-22-10-6-5-9-21(22)23(27-24)20-14-13-18-7-3-4-8-19(18)15-20/h3-5,7-9,11-15H,1-2,6,10H2. The van der Waals surface area contributed by atoms with E-state index >= 15 is 0 Å². The highest BCUT2D eigenvalue weighted by atomic mass is 79.9. The first kappa shape index (κ1) is 17.6. The average molecular weight is 415 g/mol. The van der Waals surface area contributed by atoms with Crippen LogP contribution >= 0.6 is 15.9 Å². The molecule has 0 amide bonds. The zero-order chi connectivity index (χ0) is 18.8. The van der Waals surface area contributed by atoms with E-state index in [1.807, 2.05) is 12.2 Å². The summed E-state index contributed by atoms with van der Waals surface area (Å²) < 4.78 is 0.791. The van der Waals surface area contributed by atoms with Crippen LogP contribution in [0.5, 0.6) is 0 Å². The Morgan fingerprint density at radius 2 is 1.81 bits per heavy atom. The van der Waals surface area contributed by atoms with Crippen molar-refractivity contribution in [3.8, 4) is 11.3 Å². The third-order valence-electron chi connectivity index (χ3n) is 4.63. The summed E-state index contributed by atoms with van der Waals surface area (Å²) in [5.74, 6) is 0.664. The lowest BCUT2D eigenvalue weighted by Gasteiger charge is -2.16. The topological polar surface area (TPSA) is 25.8 Å². The quantitative estimate of drug-likeness (QED) is 0.442. The normalized spacial score (nSPS) is 13.1. The van der Waals surface area contributed by atoms with Gasteiger partial charge in [-0.05, 0) is 35.8 Å². The van der Waals surface area contributed by atoms with Gasteiger partial charge in [-0.2, -0.15) is 0 Å². The number of aromatic nitrogens is 2. The lowest BCUT2D eigenvalue weighted by Crippen LogP contribution is -2.06. The SMILES string of the molecule is C=C(Br)C=CC(=C)c1nc2c(c(-c3ccc4ccccc4c3)n1)C=CCC2. The summed E-state index contributed by atoms with van der Waals surface area (Å²) >= 11 is 3.34. The molecule has 0 N–H and O–H groups in total. The number of fused-ring (bicyclic) bond motifs is 2. The molecule has 0 atom stereocenters. The van der Waals surface area contributed by atoms with E-state index in [2.05, 4.69) is 83.7 Å². The molecule has 0 unspecified atom stereocenters. The van der Waals surface area contributed by atoms with Gasteiger partial charge in [-0.1, -0.05) is 83.7 Å². The number of allylic oxidation sites excluding steroid dienone is 5. The van der Waals surface area contributed by atoms with Crippen LogP contribution in [0, 0.1) is 0 Å². The number of nitrogens with zero attached hydrogens (tertiary/aromatic N) is 2. The minimum atomic E-state index is 0.664. The van der Waals surface area contributed by atoms with Crippen molar-refractivity contribution in [3.63, 3.8) is 0 Å². The Kier molecular flexibility index (Phi) is 4.87. The molecule has 27 heavy (non-hydrogen) atoms. The molecule has 0 saturated carbocycles. The van der Waals surface area contributed by atoms with E-state index in [0.29, 0.717) is 5.82 Å². The second-order valence-corrected chi connectivity index (χ2v) is 7.58. The van der Waals surface area contributed by atoms with Crippen molar-refractivity contribution in [2.24, 2.45) is 0 Å². The second kappa shape index (κ2) is 7.45. The highest BCUT2D eigenvalue weighted by Crippen LogP contribution is 2.31. The first-order valence-corrected chi connectivity index (χ1v) is 9.69. The molecule has 1 aromatic heterocycles. The van der Waals surface area contributed by atoms with Crippen LogP contribution in [0.2, 0.25) is 0 Å².